The SMILES string of the molecule is Cc1ccc(-c2ccc(C(=O)NC(CN)c3nc(C)c(CO)s3)[nH]2)cc1. The van der Waals surface area contributed by atoms with E-state index in [0.717, 1.165) is 21.8 Å². The molecule has 0 bridgehead atoms. The van der Waals surface area contributed by atoms with E-state index in [2.05, 4.69) is 15.3 Å². The third kappa shape index (κ3) is 3.85. The van der Waals surface area contributed by atoms with Crippen LogP contribution in [-0.4, -0.2) is 27.5 Å². The van der Waals surface area contributed by atoms with Gasteiger partial charge in [-0.15, -0.1) is 11.3 Å². The Morgan fingerprint density at radius 2 is 2.00 bits per heavy atom. The van der Waals surface area contributed by atoms with E-state index in [0.29, 0.717) is 10.7 Å². The van der Waals surface area contributed by atoms with Crippen LogP contribution in [0.2, 0.25) is 0 Å². The van der Waals surface area contributed by atoms with Crippen LogP contribution in [0, 0.1) is 13.8 Å². The molecule has 0 aliphatic carbocycles. The first-order valence-corrected chi connectivity index (χ1v) is 9.17. The molecule has 7 heteroatoms. The Morgan fingerprint density at radius 3 is 2.62 bits per heavy atom. The fraction of sp³-hybridized carbons (Fsp3) is 0.263. The van der Waals surface area contributed by atoms with Gasteiger partial charge in [0.25, 0.3) is 5.91 Å². The predicted molar refractivity (Wildman–Crippen MR) is 103 cm³/mol. The fourth-order valence-electron chi connectivity index (χ4n) is 2.63. The largest absolute Gasteiger partial charge is 0.391 e. The van der Waals surface area contributed by atoms with Gasteiger partial charge in [-0.05, 0) is 31.5 Å². The normalized spacial score (nSPS) is 12.2. The summed E-state index contributed by atoms with van der Waals surface area (Å²) in [7, 11) is 0. The number of hydrogen-bond donors (Lipinski definition) is 4. The summed E-state index contributed by atoms with van der Waals surface area (Å²) in [6.07, 6.45) is 0. The minimum Gasteiger partial charge on any atom is -0.391 e. The molecule has 5 N–H and O–H groups in total. The van der Waals surface area contributed by atoms with Gasteiger partial charge in [-0.2, -0.15) is 0 Å². The summed E-state index contributed by atoms with van der Waals surface area (Å²) in [5.74, 6) is -0.239. The van der Waals surface area contributed by atoms with E-state index < -0.39 is 6.04 Å². The maximum absolute atomic E-state index is 12.6. The lowest BCUT2D eigenvalue weighted by atomic mass is 10.1. The molecule has 0 spiro atoms. The zero-order valence-electron chi connectivity index (χ0n) is 14.7. The van der Waals surface area contributed by atoms with Crippen LogP contribution in [0.25, 0.3) is 11.3 Å². The number of H-pyrrole nitrogens is 1. The smallest absolute Gasteiger partial charge is 0.268 e. The molecule has 1 atom stereocenters. The van der Waals surface area contributed by atoms with Crippen molar-refractivity contribution < 1.29 is 9.90 Å². The Labute approximate surface area is 156 Å². The van der Waals surface area contributed by atoms with Crippen molar-refractivity contribution in [1.82, 2.24) is 15.3 Å². The van der Waals surface area contributed by atoms with Crippen LogP contribution in [0.15, 0.2) is 36.4 Å². The number of rotatable bonds is 6. The number of thiazole rings is 1. The van der Waals surface area contributed by atoms with E-state index in [1.54, 1.807) is 6.07 Å². The van der Waals surface area contributed by atoms with Crippen LogP contribution in [0.4, 0.5) is 0 Å². The Morgan fingerprint density at radius 1 is 1.27 bits per heavy atom. The number of nitrogens with zero attached hydrogens (tertiary/aromatic N) is 1. The number of nitrogens with one attached hydrogen (secondary N) is 2. The molecule has 3 aromatic rings. The molecular weight excluding hydrogens is 348 g/mol. The van der Waals surface area contributed by atoms with Crippen molar-refractivity contribution in [1.29, 1.82) is 0 Å². The molecule has 136 valence electrons. The number of aromatic amines is 1. The van der Waals surface area contributed by atoms with E-state index in [9.17, 15) is 9.90 Å². The van der Waals surface area contributed by atoms with Crippen LogP contribution in [-0.2, 0) is 6.61 Å². The summed E-state index contributed by atoms with van der Waals surface area (Å²) < 4.78 is 0. The zero-order chi connectivity index (χ0) is 18.7. The number of benzene rings is 1. The quantitative estimate of drug-likeness (QED) is 0.535. The van der Waals surface area contributed by atoms with Crippen LogP contribution in [0.5, 0.6) is 0 Å². The second kappa shape index (κ2) is 7.82. The standard InChI is InChI=1S/C19H22N4O2S/c1-11-3-5-13(6-4-11)14-7-8-15(22-14)18(25)23-16(9-20)19-21-12(2)17(10-24)26-19/h3-8,16,22,24H,9-10,20H2,1-2H3,(H,23,25). The highest BCUT2D eigenvalue weighted by atomic mass is 32.1. The summed E-state index contributed by atoms with van der Waals surface area (Å²) in [4.78, 5) is 20.9. The van der Waals surface area contributed by atoms with E-state index in [4.69, 9.17) is 5.73 Å². The van der Waals surface area contributed by atoms with Crippen molar-refractivity contribution in [3.8, 4) is 11.3 Å². The highest BCUT2D eigenvalue weighted by Crippen LogP contribution is 2.24. The van der Waals surface area contributed by atoms with E-state index in [1.165, 1.54) is 16.9 Å². The number of amides is 1. The maximum Gasteiger partial charge on any atom is 0.268 e. The van der Waals surface area contributed by atoms with Crippen LogP contribution in [0.3, 0.4) is 0 Å². The molecular formula is C19H22N4O2S. The van der Waals surface area contributed by atoms with E-state index in [1.807, 2.05) is 44.2 Å². The zero-order valence-corrected chi connectivity index (χ0v) is 15.6. The van der Waals surface area contributed by atoms with Gasteiger partial charge in [0.15, 0.2) is 0 Å². The van der Waals surface area contributed by atoms with Gasteiger partial charge in [0, 0.05) is 12.2 Å². The van der Waals surface area contributed by atoms with Crippen LogP contribution >= 0.6 is 11.3 Å². The summed E-state index contributed by atoms with van der Waals surface area (Å²) >= 11 is 1.37. The fourth-order valence-corrected chi connectivity index (χ4v) is 3.62. The first kappa shape index (κ1) is 18.3. The lowest BCUT2D eigenvalue weighted by Crippen LogP contribution is -2.33. The Balaban J connectivity index is 1.75. The molecule has 26 heavy (non-hydrogen) atoms. The average Bonchev–Trinajstić information content (AvgIpc) is 3.27. The maximum atomic E-state index is 12.6. The molecule has 1 aromatic carbocycles. The topological polar surface area (TPSA) is 104 Å². The lowest BCUT2D eigenvalue weighted by molar-refractivity contribution is 0.0933. The van der Waals surface area contributed by atoms with Gasteiger partial charge in [-0.25, -0.2) is 4.98 Å². The molecule has 0 saturated carbocycles. The summed E-state index contributed by atoms with van der Waals surface area (Å²) in [5, 5.41) is 12.9. The number of carbonyl (C=O) groups excluding carboxylic acids is 1. The van der Waals surface area contributed by atoms with Crippen LogP contribution < -0.4 is 11.1 Å². The van der Waals surface area contributed by atoms with Gasteiger partial charge in [0.05, 0.1) is 23.2 Å². The molecule has 0 radical (unpaired) electrons. The number of aliphatic hydroxyl groups excluding tert-OH is 1. The molecule has 2 aromatic heterocycles. The molecule has 3 rings (SSSR count). The third-order valence-corrected chi connectivity index (χ3v) is 5.44. The molecule has 1 amide bonds. The molecule has 2 heterocycles. The number of aliphatic hydroxyl groups is 1. The average molecular weight is 370 g/mol. The van der Waals surface area contributed by atoms with Crippen molar-refractivity contribution in [2.45, 2.75) is 26.5 Å². The first-order chi connectivity index (χ1) is 12.5. The third-order valence-electron chi connectivity index (χ3n) is 4.19. The summed E-state index contributed by atoms with van der Waals surface area (Å²) in [6.45, 7) is 4.03. The predicted octanol–water partition coefficient (Wildman–Crippen LogP) is 2.68. The molecule has 1 unspecified atom stereocenters. The highest BCUT2D eigenvalue weighted by molar-refractivity contribution is 7.11. The van der Waals surface area contributed by atoms with E-state index >= 15 is 0 Å². The van der Waals surface area contributed by atoms with Crippen molar-refractivity contribution in [3.63, 3.8) is 0 Å². The van der Waals surface area contributed by atoms with Gasteiger partial charge < -0.3 is 21.1 Å². The second-order valence-electron chi connectivity index (χ2n) is 6.13. The van der Waals surface area contributed by atoms with Crippen LogP contribution in [0.1, 0.15) is 37.7 Å². The number of carbonyl (C=O) groups is 1. The summed E-state index contributed by atoms with van der Waals surface area (Å²) in [6, 6.07) is 11.3. The highest BCUT2D eigenvalue weighted by Gasteiger charge is 2.20. The van der Waals surface area contributed by atoms with Gasteiger partial charge in [0.2, 0.25) is 0 Å². The minimum absolute atomic E-state index is 0.0642. The molecule has 0 fully saturated rings. The lowest BCUT2D eigenvalue weighted by Gasteiger charge is -2.13. The van der Waals surface area contributed by atoms with Crippen molar-refractivity contribution in [2.75, 3.05) is 6.54 Å². The number of aryl methyl sites for hydroxylation is 2. The van der Waals surface area contributed by atoms with Gasteiger partial charge in [-0.1, -0.05) is 29.8 Å². The van der Waals surface area contributed by atoms with E-state index in [-0.39, 0.29) is 19.1 Å². The Bertz CT molecular complexity index is 899. The molecule has 0 aliphatic heterocycles. The number of aromatic nitrogens is 2. The first-order valence-electron chi connectivity index (χ1n) is 8.36. The summed E-state index contributed by atoms with van der Waals surface area (Å²) in [5.41, 5.74) is 10.1. The second-order valence-corrected chi connectivity index (χ2v) is 7.25. The van der Waals surface area contributed by atoms with Gasteiger partial charge in [0.1, 0.15) is 10.7 Å². The van der Waals surface area contributed by atoms with Crippen molar-refractivity contribution in [3.05, 3.63) is 63.2 Å². The minimum atomic E-state index is -0.391. The number of hydrogen-bond acceptors (Lipinski definition) is 5. The molecule has 0 saturated heterocycles. The van der Waals surface area contributed by atoms with Gasteiger partial charge in [-0.3, -0.25) is 4.79 Å². The van der Waals surface area contributed by atoms with Gasteiger partial charge >= 0.3 is 0 Å². The molecule has 6 nitrogen and oxygen atoms in total. The monoisotopic (exact) mass is 370 g/mol. The van der Waals surface area contributed by atoms with Crippen molar-refractivity contribution >= 4 is 17.2 Å². The number of nitrogens with two attached hydrogens (primary N) is 1. The molecule has 0 aliphatic rings. The van der Waals surface area contributed by atoms with Crippen molar-refractivity contribution in [2.24, 2.45) is 5.73 Å². The Kier molecular flexibility index (Phi) is 5.51. The Hall–Kier alpha value is -2.48.